The van der Waals surface area contributed by atoms with Gasteiger partial charge in [0, 0.05) is 23.9 Å². The number of anilines is 1. The van der Waals surface area contributed by atoms with Crippen molar-refractivity contribution in [3.63, 3.8) is 0 Å². The van der Waals surface area contributed by atoms with Crippen LogP contribution in [-0.2, 0) is 9.53 Å². The molecular formula is C17H19N5O2. The number of ether oxygens (including phenoxy) is 1. The van der Waals surface area contributed by atoms with Crippen molar-refractivity contribution < 1.29 is 9.53 Å². The summed E-state index contributed by atoms with van der Waals surface area (Å²) in [4.78, 5) is 14.2. The van der Waals surface area contributed by atoms with Crippen molar-refractivity contribution in [2.45, 2.75) is 19.8 Å². The summed E-state index contributed by atoms with van der Waals surface area (Å²) >= 11 is 0. The Morgan fingerprint density at radius 3 is 2.75 bits per heavy atom. The second-order valence-electron chi connectivity index (χ2n) is 5.98. The zero-order valence-corrected chi connectivity index (χ0v) is 13.6. The Kier molecular flexibility index (Phi) is 3.76. The number of fused-ring (bicyclic) bond motifs is 3. The number of hydrogen-bond donors (Lipinski definition) is 0. The van der Waals surface area contributed by atoms with Gasteiger partial charge in [-0.2, -0.15) is 4.52 Å². The van der Waals surface area contributed by atoms with Crippen LogP contribution >= 0.6 is 0 Å². The molecule has 0 N–H and O–H groups in total. The predicted octanol–water partition coefficient (Wildman–Crippen LogP) is 2.06. The van der Waals surface area contributed by atoms with E-state index in [9.17, 15) is 4.79 Å². The number of piperidine rings is 1. The van der Waals surface area contributed by atoms with Gasteiger partial charge in [0.05, 0.1) is 12.5 Å². The van der Waals surface area contributed by atoms with Crippen LogP contribution in [0.3, 0.4) is 0 Å². The molecule has 0 unspecified atom stereocenters. The largest absolute Gasteiger partial charge is 0.466 e. The van der Waals surface area contributed by atoms with E-state index in [4.69, 9.17) is 9.84 Å². The topological polar surface area (TPSA) is 72.6 Å². The standard InChI is InChI=1S/C17H19N5O2/c1-2-24-17(23)12-7-9-21(10-8-12)16-14-6-4-3-5-13(14)15-19-18-11-22(15)20-16/h3-6,11-12H,2,7-10H2,1H3. The van der Waals surface area contributed by atoms with E-state index in [-0.39, 0.29) is 11.9 Å². The molecule has 1 aromatic carbocycles. The van der Waals surface area contributed by atoms with Gasteiger partial charge in [-0.3, -0.25) is 4.79 Å². The van der Waals surface area contributed by atoms with Crippen LogP contribution in [0.2, 0.25) is 0 Å². The fourth-order valence-corrected chi connectivity index (χ4v) is 3.33. The average molecular weight is 325 g/mol. The van der Waals surface area contributed by atoms with Gasteiger partial charge in [0.25, 0.3) is 0 Å². The van der Waals surface area contributed by atoms with Gasteiger partial charge >= 0.3 is 5.97 Å². The minimum Gasteiger partial charge on any atom is -0.466 e. The lowest BCUT2D eigenvalue weighted by molar-refractivity contribution is -0.148. The van der Waals surface area contributed by atoms with Gasteiger partial charge in [0.1, 0.15) is 6.33 Å². The molecule has 0 amide bonds. The number of esters is 1. The zero-order valence-electron chi connectivity index (χ0n) is 13.6. The molecule has 1 saturated heterocycles. The van der Waals surface area contributed by atoms with Crippen LogP contribution in [0.15, 0.2) is 30.6 Å². The van der Waals surface area contributed by atoms with E-state index in [1.807, 2.05) is 25.1 Å². The second kappa shape index (κ2) is 6.07. The Balaban J connectivity index is 1.66. The van der Waals surface area contributed by atoms with Gasteiger partial charge in [0.15, 0.2) is 11.5 Å². The highest BCUT2D eigenvalue weighted by Crippen LogP contribution is 2.30. The minimum absolute atomic E-state index is 0.00823. The van der Waals surface area contributed by atoms with Crippen LogP contribution in [0.4, 0.5) is 5.82 Å². The molecule has 1 aliphatic rings. The quantitative estimate of drug-likeness (QED) is 0.686. The summed E-state index contributed by atoms with van der Waals surface area (Å²) in [6, 6.07) is 8.10. The highest BCUT2D eigenvalue weighted by atomic mass is 16.5. The van der Waals surface area contributed by atoms with Gasteiger partial charge in [-0.05, 0) is 19.8 Å². The molecule has 0 spiro atoms. The number of carbonyl (C=O) groups excluding carboxylic acids is 1. The van der Waals surface area contributed by atoms with Crippen molar-refractivity contribution in [3.8, 4) is 0 Å². The van der Waals surface area contributed by atoms with E-state index in [0.717, 1.165) is 48.2 Å². The molecule has 7 heteroatoms. The van der Waals surface area contributed by atoms with Crippen LogP contribution in [-0.4, -0.2) is 45.5 Å². The first kappa shape index (κ1) is 14.9. The van der Waals surface area contributed by atoms with Crippen molar-refractivity contribution in [2.24, 2.45) is 5.92 Å². The Labute approximate surface area is 139 Å². The summed E-state index contributed by atoms with van der Waals surface area (Å²) in [5, 5.41) is 14.9. The van der Waals surface area contributed by atoms with E-state index < -0.39 is 0 Å². The fraction of sp³-hybridized carbons (Fsp3) is 0.412. The maximum absolute atomic E-state index is 11.9. The summed E-state index contributed by atoms with van der Waals surface area (Å²) in [5.41, 5.74) is 0.760. The summed E-state index contributed by atoms with van der Waals surface area (Å²) in [6.45, 7) is 3.86. The lowest BCUT2D eigenvalue weighted by Crippen LogP contribution is -2.37. The third-order valence-electron chi connectivity index (χ3n) is 4.56. The van der Waals surface area contributed by atoms with Gasteiger partial charge in [-0.15, -0.1) is 15.3 Å². The van der Waals surface area contributed by atoms with Crippen molar-refractivity contribution in [1.29, 1.82) is 0 Å². The second-order valence-corrected chi connectivity index (χ2v) is 5.98. The monoisotopic (exact) mass is 325 g/mol. The number of nitrogens with zero attached hydrogens (tertiary/aromatic N) is 5. The normalized spacial score (nSPS) is 16.0. The molecule has 4 rings (SSSR count). The first-order valence-corrected chi connectivity index (χ1v) is 8.28. The maximum Gasteiger partial charge on any atom is 0.309 e. The molecule has 0 radical (unpaired) electrons. The van der Waals surface area contributed by atoms with Gasteiger partial charge < -0.3 is 9.64 Å². The third-order valence-corrected chi connectivity index (χ3v) is 4.56. The Morgan fingerprint density at radius 1 is 1.25 bits per heavy atom. The highest BCUT2D eigenvalue weighted by Gasteiger charge is 2.27. The Hall–Kier alpha value is -2.70. The number of aromatic nitrogens is 4. The van der Waals surface area contributed by atoms with Crippen molar-refractivity contribution >= 4 is 28.2 Å². The van der Waals surface area contributed by atoms with Gasteiger partial charge in [-0.1, -0.05) is 24.3 Å². The molecule has 0 bridgehead atoms. The Morgan fingerprint density at radius 2 is 2.00 bits per heavy atom. The van der Waals surface area contributed by atoms with Crippen LogP contribution in [0.5, 0.6) is 0 Å². The number of benzene rings is 1. The van der Waals surface area contributed by atoms with E-state index >= 15 is 0 Å². The SMILES string of the molecule is CCOC(=O)C1CCN(c2nn3cnnc3c3ccccc23)CC1. The van der Waals surface area contributed by atoms with Crippen LogP contribution in [0.25, 0.3) is 16.4 Å². The van der Waals surface area contributed by atoms with Gasteiger partial charge in [-0.25, -0.2) is 0 Å². The first-order chi connectivity index (χ1) is 11.8. The van der Waals surface area contributed by atoms with Crippen LogP contribution < -0.4 is 4.90 Å². The number of hydrogen-bond acceptors (Lipinski definition) is 6. The molecule has 124 valence electrons. The molecule has 1 fully saturated rings. The minimum atomic E-state index is -0.0794. The first-order valence-electron chi connectivity index (χ1n) is 8.28. The van der Waals surface area contributed by atoms with Gasteiger partial charge in [0.2, 0.25) is 0 Å². The summed E-state index contributed by atoms with van der Waals surface area (Å²) in [6.07, 6.45) is 3.20. The number of carbonyl (C=O) groups is 1. The lowest BCUT2D eigenvalue weighted by Gasteiger charge is -2.32. The molecule has 1 aliphatic heterocycles. The maximum atomic E-state index is 11.9. The average Bonchev–Trinajstić information content (AvgIpc) is 3.10. The summed E-state index contributed by atoms with van der Waals surface area (Å²) < 4.78 is 6.86. The highest BCUT2D eigenvalue weighted by molar-refractivity contribution is 6.00. The zero-order chi connectivity index (χ0) is 16.5. The third kappa shape index (κ3) is 2.46. The van der Waals surface area contributed by atoms with Crippen molar-refractivity contribution in [1.82, 2.24) is 19.8 Å². The van der Waals surface area contributed by atoms with E-state index in [0.29, 0.717) is 6.61 Å². The summed E-state index contributed by atoms with van der Waals surface area (Å²) in [5.74, 6) is 0.829. The molecule has 0 saturated carbocycles. The Bertz CT molecular complexity index is 883. The molecule has 2 aromatic heterocycles. The predicted molar refractivity (Wildman–Crippen MR) is 89.9 cm³/mol. The molecule has 3 aromatic rings. The molecule has 3 heterocycles. The van der Waals surface area contributed by atoms with E-state index in [2.05, 4.69) is 21.2 Å². The molecular weight excluding hydrogens is 306 g/mol. The van der Waals surface area contributed by atoms with Crippen molar-refractivity contribution in [2.75, 3.05) is 24.6 Å². The fourth-order valence-electron chi connectivity index (χ4n) is 3.33. The van der Waals surface area contributed by atoms with Crippen LogP contribution in [0.1, 0.15) is 19.8 Å². The molecule has 7 nitrogen and oxygen atoms in total. The van der Waals surface area contributed by atoms with Crippen LogP contribution in [0, 0.1) is 5.92 Å². The molecule has 0 atom stereocenters. The van der Waals surface area contributed by atoms with Crippen molar-refractivity contribution in [3.05, 3.63) is 30.6 Å². The number of rotatable bonds is 3. The van der Waals surface area contributed by atoms with E-state index in [1.165, 1.54) is 0 Å². The lowest BCUT2D eigenvalue weighted by atomic mass is 9.96. The van der Waals surface area contributed by atoms with E-state index in [1.54, 1.807) is 10.8 Å². The smallest absolute Gasteiger partial charge is 0.309 e. The summed E-state index contributed by atoms with van der Waals surface area (Å²) in [7, 11) is 0. The molecule has 24 heavy (non-hydrogen) atoms. The molecule has 0 aliphatic carbocycles.